The van der Waals surface area contributed by atoms with Crippen LogP contribution in [0.2, 0.25) is 0 Å². The van der Waals surface area contributed by atoms with Gasteiger partial charge in [0.1, 0.15) is 18.1 Å². The second-order valence-corrected chi connectivity index (χ2v) is 24.6. The van der Waals surface area contributed by atoms with Crippen LogP contribution in [0.3, 0.4) is 0 Å². The van der Waals surface area contributed by atoms with Crippen molar-refractivity contribution < 1.29 is 57.7 Å². The average molecular weight is 1170 g/mol. The molecular formula is C61H81N7O12S2. The Kier molecular flexibility index (Phi) is 23.3. The number of rotatable bonds is 22. The summed E-state index contributed by atoms with van der Waals surface area (Å²) in [6, 6.07) is 8.75. The summed E-state index contributed by atoms with van der Waals surface area (Å²) in [7, 11) is 6.03. The molecule has 1 aliphatic carbocycles. The number of nitrogens with one attached hydrogen (secondary N) is 3. The number of carbonyl (C=O) groups is 9. The smallest absolute Gasteiger partial charge is 0.326 e. The first kappa shape index (κ1) is 64.6. The number of likely N-dealkylation sites (tertiary alicyclic amines) is 1. The molecule has 82 heavy (non-hydrogen) atoms. The molecule has 0 saturated carbocycles. The van der Waals surface area contributed by atoms with Crippen LogP contribution in [0.5, 0.6) is 0 Å². The number of aliphatic carboxylic acids is 1. The highest BCUT2D eigenvalue weighted by Gasteiger charge is 2.45. The average Bonchev–Trinajstić information content (AvgIpc) is 3.72. The number of carboxylic acids is 1. The zero-order chi connectivity index (χ0) is 60.1. The Labute approximate surface area is 490 Å². The molecule has 6 rings (SSSR count). The van der Waals surface area contributed by atoms with E-state index in [0.717, 1.165) is 20.3 Å². The number of imide groups is 1. The summed E-state index contributed by atoms with van der Waals surface area (Å²) >= 11 is 2.74. The summed E-state index contributed by atoms with van der Waals surface area (Å²) in [4.78, 5) is 133. The van der Waals surface area contributed by atoms with Gasteiger partial charge in [-0.05, 0) is 72.6 Å². The van der Waals surface area contributed by atoms with Gasteiger partial charge in [-0.25, -0.2) is 9.69 Å². The number of benzene rings is 2. The Morgan fingerprint density at radius 2 is 1.59 bits per heavy atom. The third kappa shape index (κ3) is 16.0. The SMILES string of the molecule is CC[C@H](C)[C@@H]([C@@H](CC(=O)N1CCC[C@H]1[C@H](OC)[C@@H](C)C(=O)N[C@@H](Cc1ccccc1)C(=O)O)OC)N(C)C(=O)[C@@H](NC(=O)[C@H](C(C)C)N(C)C(=O)c1cc2cc(c1)N1C(=O)CC(SC3=C\C(=C/C=C/C=C\3)SCCC(=O)N2)C1=O)C(C)C. The van der Waals surface area contributed by atoms with Crippen LogP contribution < -0.4 is 20.9 Å². The number of carbonyl (C=O) groups excluding carboxylic acids is 8. The van der Waals surface area contributed by atoms with Crippen LogP contribution in [-0.4, -0.2) is 161 Å². The summed E-state index contributed by atoms with van der Waals surface area (Å²) in [6.45, 7) is 13.1. The van der Waals surface area contributed by atoms with Crippen LogP contribution in [-0.2, 0) is 54.3 Å². The molecule has 10 atom stereocenters. The molecule has 3 heterocycles. The third-order valence-electron chi connectivity index (χ3n) is 15.7. The van der Waals surface area contributed by atoms with E-state index in [2.05, 4.69) is 16.0 Å². The van der Waals surface area contributed by atoms with Crippen molar-refractivity contribution in [3.8, 4) is 0 Å². The summed E-state index contributed by atoms with van der Waals surface area (Å²) in [5.74, 6) is -6.53. The first-order valence-corrected chi connectivity index (χ1v) is 30.0. The minimum atomic E-state index is -1.19. The second-order valence-electron chi connectivity index (χ2n) is 22.2. The highest BCUT2D eigenvalue weighted by Crippen LogP contribution is 2.38. The van der Waals surface area contributed by atoms with Crippen molar-refractivity contribution in [3.63, 3.8) is 0 Å². The van der Waals surface area contributed by atoms with E-state index >= 15 is 0 Å². The zero-order valence-corrected chi connectivity index (χ0v) is 50.6. The van der Waals surface area contributed by atoms with Crippen LogP contribution in [0.25, 0.3) is 0 Å². The monoisotopic (exact) mass is 1170 g/mol. The Morgan fingerprint density at radius 3 is 2.23 bits per heavy atom. The minimum Gasteiger partial charge on any atom is -0.480 e. The third-order valence-corrected chi connectivity index (χ3v) is 17.9. The van der Waals surface area contributed by atoms with Gasteiger partial charge in [0, 0.05) is 80.9 Å². The highest BCUT2D eigenvalue weighted by atomic mass is 32.2. The Balaban J connectivity index is 1.18. The molecular weight excluding hydrogens is 1090 g/mol. The molecule has 8 amide bonds. The standard InChI is InChI=1S/C61H81N7O12S2/c1-12-37(6)54(47(79-10)33-50(70)67-26-19-24-46(67)55(80-11)38(7)56(72)63-45(61(77)78)28-39-20-15-13-16-21-39)66(9)60(76)52(35(2)3)64-57(73)53(36(4)5)65(8)58(74)40-29-41-31-42(30-40)68-51(71)34-48(59(68)75)82-44-23-18-14-17-22-43(32-44)81-27-25-49(69)62-41/h13-18,20-23,29-32,35-38,45-48,52-55H,12,19,24-28,33-34H2,1-11H3,(H,62,69)(H,63,72)(H,64,73)(H,77,78)/b17-14+,18-14?,22-17?,23-18-,43-22+,43-32?,44-23?,44-32-/t37-,38+,45-,46-,47+,48?,52-,53-,54-,55+/m0/s1. The van der Waals surface area contributed by atoms with E-state index in [0.29, 0.717) is 31.6 Å². The normalized spacial score (nSPS) is 22.4. The number of hydrogen-bond acceptors (Lipinski definition) is 13. The van der Waals surface area contributed by atoms with E-state index in [4.69, 9.17) is 9.47 Å². The van der Waals surface area contributed by atoms with Gasteiger partial charge in [-0.15, -0.1) is 23.5 Å². The van der Waals surface area contributed by atoms with Crippen molar-refractivity contribution >= 4 is 88.1 Å². The fraction of sp³-hybridized carbons (Fsp3) is 0.525. The van der Waals surface area contributed by atoms with E-state index < -0.39 is 107 Å². The molecule has 2 saturated heterocycles. The molecule has 0 spiro atoms. The number of hydrogen-bond donors (Lipinski definition) is 4. The van der Waals surface area contributed by atoms with Crippen LogP contribution in [0, 0.1) is 23.7 Å². The molecule has 2 aromatic rings. The van der Waals surface area contributed by atoms with Gasteiger partial charge in [0.25, 0.3) is 5.91 Å². The summed E-state index contributed by atoms with van der Waals surface area (Å²) < 4.78 is 12.0. The lowest BCUT2D eigenvalue weighted by molar-refractivity contribution is -0.148. The van der Waals surface area contributed by atoms with Gasteiger partial charge in [0.2, 0.25) is 41.4 Å². The summed E-state index contributed by atoms with van der Waals surface area (Å²) in [6.07, 6.45) is 11.5. The quantitative estimate of drug-likeness (QED) is 0.0870. The minimum absolute atomic E-state index is 0.00373. The number of anilines is 2. The molecule has 19 nitrogen and oxygen atoms in total. The number of carboxylic acid groups (broad SMARTS) is 1. The Bertz CT molecular complexity index is 2820. The molecule has 1 unspecified atom stereocenters. The van der Waals surface area contributed by atoms with Crippen molar-refractivity contribution in [1.82, 2.24) is 25.3 Å². The number of methoxy groups -OCH3 is 2. The molecule has 0 radical (unpaired) electrons. The van der Waals surface area contributed by atoms with E-state index in [1.54, 1.807) is 70.8 Å². The van der Waals surface area contributed by atoms with Gasteiger partial charge in [-0.3, -0.25) is 38.4 Å². The number of ether oxygens (including phenoxy) is 2. The molecule has 2 fully saturated rings. The van der Waals surface area contributed by atoms with Crippen LogP contribution in [0.1, 0.15) is 103 Å². The highest BCUT2D eigenvalue weighted by molar-refractivity contribution is 8.05. The lowest BCUT2D eigenvalue weighted by Gasteiger charge is -2.41. The lowest BCUT2D eigenvalue weighted by Crippen LogP contribution is -2.60. The second kappa shape index (κ2) is 29.6. The predicted octanol–water partition coefficient (Wildman–Crippen LogP) is 6.99. The maximum atomic E-state index is 14.9. The van der Waals surface area contributed by atoms with Crippen molar-refractivity contribution in [2.45, 2.75) is 141 Å². The zero-order valence-electron chi connectivity index (χ0n) is 48.9. The predicted molar refractivity (Wildman–Crippen MR) is 318 cm³/mol. The molecule has 3 aliphatic heterocycles. The van der Waals surface area contributed by atoms with E-state index in [9.17, 15) is 48.3 Å². The van der Waals surface area contributed by atoms with Crippen molar-refractivity contribution in [1.29, 1.82) is 0 Å². The van der Waals surface area contributed by atoms with Crippen LogP contribution >= 0.6 is 23.5 Å². The molecule has 4 aliphatic rings. The van der Waals surface area contributed by atoms with Gasteiger partial charge in [-0.1, -0.05) is 103 Å². The Hall–Kier alpha value is -6.55. The largest absolute Gasteiger partial charge is 0.480 e. The fourth-order valence-corrected chi connectivity index (χ4v) is 13.3. The lowest BCUT2D eigenvalue weighted by atomic mass is 9.89. The first-order chi connectivity index (χ1) is 39.0. The van der Waals surface area contributed by atoms with Gasteiger partial charge in [-0.2, -0.15) is 0 Å². The maximum absolute atomic E-state index is 14.9. The van der Waals surface area contributed by atoms with Crippen molar-refractivity contribution in [2.75, 3.05) is 50.8 Å². The number of likely N-dealkylation sites (N-methyl/N-ethyl adjacent to an activating group) is 2. The van der Waals surface area contributed by atoms with Gasteiger partial charge >= 0.3 is 5.97 Å². The van der Waals surface area contributed by atoms with E-state index in [1.807, 2.05) is 56.4 Å². The Morgan fingerprint density at radius 1 is 0.866 bits per heavy atom. The first-order valence-electron chi connectivity index (χ1n) is 28.1. The van der Waals surface area contributed by atoms with Crippen molar-refractivity contribution in [3.05, 3.63) is 106 Å². The molecule has 21 heteroatoms. The van der Waals surface area contributed by atoms with E-state index in [1.165, 1.54) is 72.8 Å². The molecule has 6 bridgehead atoms. The number of fused-ring (bicyclic) bond motifs is 6. The van der Waals surface area contributed by atoms with Crippen LogP contribution in [0.15, 0.2) is 94.8 Å². The summed E-state index contributed by atoms with van der Waals surface area (Å²) in [5.41, 5.74) is 1.03. The number of amides is 8. The number of nitrogens with zero attached hydrogens (tertiary/aromatic N) is 4. The number of thioether (sulfide) groups is 2. The summed E-state index contributed by atoms with van der Waals surface area (Å²) in [5, 5.41) is 17.8. The number of allylic oxidation sites excluding steroid dienone is 6. The maximum Gasteiger partial charge on any atom is 0.326 e. The van der Waals surface area contributed by atoms with E-state index in [-0.39, 0.29) is 60.4 Å². The van der Waals surface area contributed by atoms with Crippen LogP contribution in [0.4, 0.5) is 11.4 Å². The molecule has 4 N–H and O–H groups in total. The van der Waals surface area contributed by atoms with Gasteiger partial charge in [0.15, 0.2) is 0 Å². The molecule has 2 aromatic carbocycles. The molecule has 0 aromatic heterocycles. The van der Waals surface area contributed by atoms with Crippen molar-refractivity contribution in [2.24, 2.45) is 23.7 Å². The topological polar surface area (TPSA) is 241 Å². The molecule has 444 valence electrons. The fourth-order valence-electron chi connectivity index (χ4n) is 11.2. The van der Waals surface area contributed by atoms with Gasteiger partial charge in [0.05, 0.1) is 47.6 Å². The van der Waals surface area contributed by atoms with Gasteiger partial charge < -0.3 is 45.2 Å².